The number of hydrogen-bond acceptors (Lipinski definition) is 4. The summed E-state index contributed by atoms with van der Waals surface area (Å²) in [6.45, 7) is 2.24. The number of primary amides is 1. The number of benzene rings is 1. The van der Waals surface area contributed by atoms with Gasteiger partial charge in [-0.25, -0.2) is 4.79 Å². The van der Waals surface area contributed by atoms with Crippen LogP contribution in [0.25, 0.3) is 0 Å². The second-order valence-electron chi connectivity index (χ2n) is 4.34. The Labute approximate surface area is 116 Å². The van der Waals surface area contributed by atoms with E-state index in [0.717, 1.165) is 11.4 Å². The molecule has 0 aliphatic rings. The minimum atomic E-state index is -0.611. The predicted octanol–water partition coefficient (Wildman–Crippen LogP) is 2.20. The number of pyridine rings is 1. The molecule has 6 heteroatoms. The van der Waals surface area contributed by atoms with Crippen LogP contribution >= 0.6 is 0 Å². The molecule has 0 atom stereocenters. The SMILES string of the molecule is Cc1ccc(O)c(CNc2cccc(NC(N)=O)c2)n1. The zero-order chi connectivity index (χ0) is 14.5. The van der Waals surface area contributed by atoms with Crippen LogP contribution in [-0.4, -0.2) is 16.1 Å². The van der Waals surface area contributed by atoms with Gasteiger partial charge in [0.2, 0.25) is 0 Å². The van der Waals surface area contributed by atoms with Gasteiger partial charge < -0.3 is 21.5 Å². The van der Waals surface area contributed by atoms with Gasteiger partial charge in [0.05, 0.1) is 6.54 Å². The van der Waals surface area contributed by atoms with Crippen molar-refractivity contribution in [2.24, 2.45) is 5.73 Å². The maximum atomic E-state index is 10.8. The minimum absolute atomic E-state index is 0.148. The highest BCUT2D eigenvalue weighted by atomic mass is 16.3. The van der Waals surface area contributed by atoms with Gasteiger partial charge in [0.1, 0.15) is 11.4 Å². The largest absolute Gasteiger partial charge is 0.506 e. The molecule has 5 N–H and O–H groups in total. The summed E-state index contributed by atoms with van der Waals surface area (Å²) in [5, 5.41) is 15.3. The van der Waals surface area contributed by atoms with Gasteiger partial charge in [-0.1, -0.05) is 6.07 Å². The Balaban J connectivity index is 2.07. The monoisotopic (exact) mass is 272 g/mol. The molecule has 20 heavy (non-hydrogen) atoms. The molecule has 1 heterocycles. The quantitative estimate of drug-likeness (QED) is 0.685. The molecule has 0 radical (unpaired) electrons. The number of aromatic nitrogens is 1. The van der Waals surface area contributed by atoms with Crippen molar-refractivity contribution in [3.8, 4) is 5.75 Å². The maximum absolute atomic E-state index is 10.8. The van der Waals surface area contributed by atoms with Crippen LogP contribution in [0.5, 0.6) is 5.75 Å². The first-order valence-electron chi connectivity index (χ1n) is 6.10. The molecule has 1 aromatic carbocycles. The van der Waals surface area contributed by atoms with E-state index < -0.39 is 6.03 Å². The summed E-state index contributed by atoms with van der Waals surface area (Å²) < 4.78 is 0. The topological polar surface area (TPSA) is 100 Å². The summed E-state index contributed by atoms with van der Waals surface area (Å²) in [6, 6.07) is 9.87. The number of nitrogens with two attached hydrogens (primary N) is 1. The molecule has 2 rings (SSSR count). The number of nitrogens with one attached hydrogen (secondary N) is 2. The Hall–Kier alpha value is -2.76. The molecule has 0 aliphatic heterocycles. The molecule has 104 valence electrons. The molecular weight excluding hydrogens is 256 g/mol. The molecule has 0 bridgehead atoms. The van der Waals surface area contributed by atoms with Crippen LogP contribution < -0.4 is 16.4 Å². The molecule has 0 spiro atoms. The molecule has 2 amide bonds. The number of rotatable bonds is 4. The summed E-state index contributed by atoms with van der Waals surface area (Å²) >= 11 is 0. The van der Waals surface area contributed by atoms with Gasteiger partial charge in [-0.15, -0.1) is 0 Å². The van der Waals surface area contributed by atoms with Gasteiger partial charge in [0.25, 0.3) is 0 Å². The molecule has 6 nitrogen and oxygen atoms in total. The van der Waals surface area contributed by atoms with Crippen molar-refractivity contribution in [1.29, 1.82) is 0 Å². The second kappa shape index (κ2) is 5.92. The third kappa shape index (κ3) is 3.61. The van der Waals surface area contributed by atoms with Crippen molar-refractivity contribution >= 4 is 17.4 Å². The zero-order valence-electron chi connectivity index (χ0n) is 11.1. The fourth-order valence-corrected chi connectivity index (χ4v) is 1.77. The van der Waals surface area contributed by atoms with Gasteiger partial charge in [-0.2, -0.15) is 0 Å². The number of aryl methyl sites for hydroxylation is 1. The van der Waals surface area contributed by atoms with Gasteiger partial charge in [0, 0.05) is 17.1 Å². The third-order valence-corrected chi connectivity index (χ3v) is 2.68. The van der Waals surface area contributed by atoms with E-state index in [1.807, 2.05) is 13.0 Å². The van der Waals surface area contributed by atoms with E-state index in [1.165, 1.54) is 0 Å². The number of urea groups is 1. The van der Waals surface area contributed by atoms with Crippen LogP contribution in [0.1, 0.15) is 11.4 Å². The van der Waals surface area contributed by atoms with E-state index >= 15 is 0 Å². The highest BCUT2D eigenvalue weighted by Gasteiger charge is 2.04. The smallest absolute Gasteiger partial charge is 0.316 e. The lowest BCUT2D eigenvalue weighted by Crippen LogP contribution is -2.19. The summed E-state index contributed by atoms with van der Waals surface area (Å²) in [5.74, 6) is 0.148. The summed E-state index contributed by atoms with van der Waals surface area (Å²) in [4.78, 5) is 15.0. The van der Waals surface area contributed by atoms with Crippen molar-refractivity contribution in [3.05, 3.63) is 47.8 Å². The predicted molar refractivity (Wildman–Crippen MR) is 77.6 cm³/mol. The minimum Gasteiger partial charge on any atom is -0.506 e. The van der Waals surface area contributed by atoms with Gasteiger partial charge >= 0.3 is 6.03 Å². The number of hydrogen-bond donors (Lipinski definition) is 4. The first-order valence-corrected chi connectivity index (χ1v) is 6.10. The Morgan fingerprint density at radius 1 is 1.30 bits per heavy atom. The van der Waals surface area contributed by atoms with E-state index in [2.05, 4.69) is 15.6 Å². The van der Waals surface area contributed by atoms with E-state index in [1.54, 1.807) is 30.3 Å². The highest BCUT2D eigenvalue weighted by molar-refractivity contribution is 5.88. The molecule has 1 aromatic heterocycles. The van der Waals surface area contributed by atoms with E-state index in [4.69, 9.17) is 5.73 Å². The van der Waals surface area contributed by atoms with E-state index in [0.29, 0.717) is 17.9 Å². The molecule has 0 fully saturated rings. The molecule has 0 saturated carbocycles. The lowest BCUT2D eigenvalue weighted by atomic mass is 10.2. The Bertz CT molecular complexity index is 628. The number of carbonyl (C=O) groups excluding carboxylic acids is 1. The van der Waals surface area contributed by atoms with Crippen molar-refractivity contribution < 1.29 is 9.90 Å². The van der Waals surface area contributed by atoms with Crippen molar-refractivity contribution in [2.75, 3.05) is 10.6 Å². The van der Waals surface area contributed by atoms with Crippen LogP contribution in [0.15, 0.2) is 36.4 Å². The highest BCUT2D eigenvalue weighted by Crippen LogP contribution is 2.19. The van der Waals surface area contributed by atoms with Gasteiger partial charge in [0.15, 0.2) is 0 Å². The molecule has 2 aromatic rings. The second-order valence-corrected chi connectivity index (χ2v) is 4.34. The number of carbonyl (C=O) groups is 1. The Morgan fingerprint density at radius 3 is 2.80 bits per heavy atom. The maximum Gasteiger partial charge on any atom is 0.316 e. The zero-order valence-corrected chi connectivity index (χ0v) is 11.1. The van der Waals surface area contributed by atoms with Crippen molar-refractivity contribution in [3.63, 3.8) is 0 Å². The lowest BCUT2D eigenvalue weighted by molar-refractivity contribution is 0.259. The van der Waals surface area contributed by atoms with Crippen molar-refractivity contribution in [2.45, 2.75) is 13.5 Å². The summed E-state index contributed by atoms with van der Waals surface area (Å²) in [7, 11) is 0. The number of anilines is 2. The van der Waals surface area contributed by atoms with Crippen LogP contribution in [0, 0.1) is 6.92 Å². The molecule has 0 unspecified atom stereocenters. The average molecular weight is 272 g/mol. The molecule has 0 saturated heterocycles. The fraction of sp³-hybridized carbons (Fsp3) is 0.143. The van der Waals surface area contributed by atoms with Gasteiger partial charge in [-0.05, 0) is 37.3 Å². The van der Waals surface area contributed by atoms with Gasteiger partial charge in [-0.3, -0.25) is 4.98 Å². The molecular formula is C14H16N4O2. The Kier molecular flexibility index (Phi) is 4.05. The number of amides is 2. The first-order chi connectivity index (χ1) is 9.54. The fourth-order valence-electron chi connectivity index (χ4n) is 1.77. The molecule has 0 aliphatic carbocycles. The number of nitrogens with zero attached hydrogens (tertiary/aromatic N) is 1. The van der Waals surface area contributed by atoms with Crippen LogP contribution in [0.4, 0.5) is 16.2 Å². The summed E-state index contributed by atoms with van der Waals surface area (Å²) in [6.07, 6.45) is 0. The summed E-state index contributed by atoms with van der Waals surface area (Å²) in [5.41, 5.74) is 7.86. The van der Waals surface area contributed by atoms with Crippen LogP contribution in [-0.2, 0) is 6.54 Å². The van der Waals surface area contributed by atoms with Crippen LogP contribution in [0.3, 0.4) is 0 Å². The lowest BCUT2D eigenvalue weighted by Gasteiger charge is -2.09. The van der Waals surface area contributed by atoms with Crippen molar-refractivity contribution in [1.82, 2.24) is 4.98 Å². The number of aromatic hydroxyl groups is 1. The normalized spacial score (nSPS) is 10.1. The average Bonchev–Trinajstić information content (AvgIpc) is 2.39. The Morgan fingerprint density at radius 2 is 2.05 bits per heavy atom. The first kappa shape index (κ1) is 13.7. The van der Waals surface area contributed by atoms with Crippen LogP contribution in [0.2, 0.25) is 0 Å². The third-order valence-electron chi connectivity index (χ3n) is 2.68. The van der Waals surface area contributed by atoms with E-state index in [9.17, 15) is 9.90 Å². The standard InChI is InChI=1S/C14H16N4O2/c1-9-5-6-13(19)12(17-9)8-16-10-3-2-4-11(7-10)18-14(15)20/h2-7,16,19H,8H2,1H3,(H3,15,18,20). The van der Waals surface area contributed by atoms with E-state index in [-0.39, 0.29) is 5.75 Å².